The summed E-state index contributed by atoms with van der Waals surface area (Å²) in [5.74, 6) is 0.388. The minimum Gasteiger partial charge on any atom is -0.461 e. The van der Waals surface area contributed by atoms with Crippen LogP contribution < -0.4 is 5.73 Å². The molecule has 1 fully saturated rings. The van der Waals surface area contributed by atoms with Crippen LogP contribution in [0.1, 0.15) is 55.0 Å². The maximum Gasteiger partial charge on any atom is 0.357 e. The molecule has 0 atom stereocenters. The number of carbonyl (C=O) groups is 1. The Labute approximate surface area is 112 Å². The number of hydrogen-bond acceptors (Lipinski definition) is 5. The SMILES string of the molecule is CCOC(=O)c1csc(C2(N)CCC(C)CC2)n1. The largest absolute Gasteiger partial charge is 0.461 e. The number of hydrogen-bond donors (Lipinski definition) is 1. The zero-order valence-corrected chi connectivity index (χ0v) is 11.8. The van der Waals surface area contributed by atoms with Crippen molar-refractivity contribution in [1.29, 1.82) is 0 Å². The van der Waals surface area contributed by atoms with Crippen molar-refractivity contribution in [3.05, 3.63) is 16.1 Å². The Hall–Kier alpha value is -0.940. The second-order valence-electron chi connectivity index (χ2n) is 5.10. The second-order valence-corrected chi connectivity index (χ2v) is 5.96. The predicted molar refractivity (Wildman–Crippen MR) is 71.6 cm³/mol. The van der Waals surface area contributed by atoms with Crippen LogP contribution in [0.2, 0.25) is 0 Å². The quantitative estimate of drug-likeness (QED) is 0.856. The van der Waals surface area contributed by atoms with E-state index in [2.05, 4.69) is 11.9 Å². The summed E-state index contributed by atoms with van der Waals surface area (Å²) in [6.45, 7) is 4.42. The van der Waals surface area contributed by atoms with E-state index < -0.39 is 0 Å². The summed E-state index contributed by atoms with van der Waals surface area (Å²) in [4.78, 5) is 15.9. The van der Waals surface area contributed by atoms with Crippen LogP contribution in [0.25, 0.3) is 0 Å². The summed E-state index contributed by atoms with van der Waals surface area (Å²) in [6, 6.07) is 0. The van der Waals surface area contributed by atoms with Crippen molar-refractivity contribution in [1.82, 2.24) is 4.98 Å². The van der Waals surface area contributed by atoms with Crippen LogP contribution in [0.4, 0.5) is 0 Å². The lowest BCUT2D eigenvalue weighted by atomic mass is 9.78. The Kier molecular flexibility index (Phi) is 4.02. The molecule has 1 aromatic rings. The van der Waals surface area contributed by atoms with Gasteiger partial charge in [-0.25, -0.2) is 9.78 Å². The standard InChI is InChI=1S/C13H20N2O2S/c1-3-17-11(16)10-8-18-12(15-10)13(14)6-4-9(2)5-7-13/h8-9H,3-7,14H2,1-2H3. The second kappa shape index (κ2) is 5.36. The number of ether oxygens (including phenoxy) is 1. The lowest BCUT2D eigenvalue weighted by Gasteiger charge is -2.34. The van der Waals surface area contributed by atoms with Gasteiger partial charge in [0.2, 0.25) is 0 Å². The lowest BCUT2D eigenvalue weighted by molar-refractivity contribution is 0.0520. The molecule has 1 aliphatic rings. The molecule has 18 heavy (non-hydrogen) atoms. The van der Waals surface area contributed by atoms with E-state index in [1.165, 1.54) is 11.3 Å². The van der Waals surface area contributed by atoms with Gasteiger partial charge in [-0.3, -0.25) is 0 Å². The summed E-state index contributed by atoms with van der Waals surface area (Å²) in [5, 5.41) is 2.62. The first kappa shape index (κ1) is 13.5. The lowest BCUT2D eigenvalue weighted by Crippen LogP contribution is -2.40. The molecule has 5 heteroatoms. The molecule has 0 spiro atoms. The van der Waals surface area contributed by atoms with Crippen LogP contribution >= 0.6 is 11.3 Å². The third-order valence-electron chi connectivity index (χ3n) is 3.58. The van der Waals surface area contributed by atoms with Crippen molar-refractivity contribution in [3.8, 4) is 0 Å². The Morgan fingerprint density at radius 2 is 2.28 bits per heavy atom. The first-order chi connectivity index (χ1) is 8.55. The molecule has 0 aromatic carbocycles. The van der Waals surface area contributed by atoms with Gasteiger partial charge in [0, 0.05) is 5.38 Å². The molecule has 2 rings (SSSR count). The minimum absolute atomic E-state index is 0.345. The molecule has 1 heterocycles. The minimum atomic E-state index is -0.354. The molecule has 0 saturated heterocycles. The molecule has 0 radical (unpaired) electrons. The van der Waals surface area contributed by atoms with Crippen LogP contribution in [0, 0.1) is 5.92 Å². The fourth-order valence-electron chi connectivity index (χ4n) is 2.29. The number of nitrogens with two attached hydrogens (primary N) is 1. The van der Waals surface area contributed by atoms with E-state index in [1.807, 2.05) is 0 Å². The fraction of sp³-hybridized carbons (Fsp3) is 0.692. The summed E-state index contributed by atoms with van der Waals surface area (Å²) in [6.07, 6.45) is 4.16. The zero-order valence-electron chi connectivity index (χ0n) is 10.9. The molecule has 4 nitrogen and oxygen atoms in total. The van der Waals surface area contributed by atoms with Gasteiger partial charge in [0.15, 0.2) is 5.69 Å². The first-order valence-electron chi connectivity index (χ1n) is 6.47. The Morgan fingerprint density at radius 3 is 2.89 bits per heavy atom. The highest BCUT2D eigenvalue weighted by Gasteiger charge is 2.35. The number of esters is 1. The first-order valence-corrected chi connectivity index (χ1v) is 7.35. The number of nitrogens with zero attached hydrogens (tertiary/aromatic N) is 1. The van der Waals surface area contributed by atoms with Crippen LogP contribution in [0.5, 0.6) is 0 Å². The van der Waals surface area contributed by atoms with Gasteiger partial charge in [0.25, 0.3) is 0 Å². The average molecular weight is 268 g/mol. The third-order valence-corrected chi connectivity index (χ3v) is 4.64. The van der Waals surface area contributed by atoms with E-state index in [4.69, 9.17) is 10.5 Å². The summed E-state index contributed by atoms with van der Waals surface area (Å²) in [7, 11) is 0. The van der Waals surface area contributed by atoms with Gasteiger partial charge in [-0.1, -0.05) is 6.92 Å². The third kappa shape index (κ3) is 2.72. The number of thiazole rings is 1. The molecular formula is C13H20N2O2S. The highest BCUT2D eigenvalue weighted by Crippen LogP contribution is 2.38. The van der Waals surface area contributed by atoms with E-state index in [-0.39, 0.29) is 11.5 Å². The van der Waals surface area contributed by atoms with Crippen LogP contribution in [-0.4, -0.2) is 17.6 Å². The molecule has 0 amide bonds. The molecule has 100 valence electrons. The van der Waals surface area contributed by atoms with Gasteiger partial charge in [0.05, 0.1) is 12.1 Å². The number of aromatic nitrogens is 1. The highest BCUT2D eigenvalue weighted by molar-refractivity contribution is 7.10. The maximum absolute atomic E-state index is 11.6. The van der Waals surface area contributed by atoms with Crippen molar-refractivity contribution in [3.63, 3.8) is 0 Å². The summed E-state index contributed by atoms with van der Waals surface area (Å²) < 4.78 is 4.94. The smallest absolute Gasteiger partial charge is 0.357 e. The van der Waals surface area contributed by atoms with Crippen LogP contribution in [0.3, 0.4) is 0 Å². The monoisotopic (exact) mass is 268 g/mol. The highest BCUT2D eigenvalue weighted by atomic mass is 32.1. The fourth-order valence-corrected chi connectivity index (χ4v) is 3.25. The summed E-state index contributed by atoms with van der Waals surface area (Å²) in [5.41, 5.74) is 6.47. The maximum atomic E-state index is 11.6. The van der Waals surface area contributed by atoms with Gasteiger partial charge >= 0.3 is 5.97 Å². The molecule has 0 bridgehead atoms. The van der Waals surface area contributed by atoms with Gasteiger partial charge in [0.1, 0.15) is 5.01 Å². The van der Waals surface area contributed by atoms with Crippen LogP contribution in [-0.2, 0) is 10.3 Å². The average Bonchev–Trinajstić information content (AvgIpc) is 2.84. The van der Waals surface area contributed by atoms with Crippen molar-refractivity contribution >= 4 is 17.3 Å². The van der Waals surface area contributed by atoms with Gasteiger partial charge in [-0.05, 0) is 38.5 Å². The molecule has 0 aliphatic heterocycles. The van der Waals surface area contributed by atoms with Crippen molar-refractivity contribution < 1.29 is 9.53 Å². The number of carbonyl (C=O) groups excluding carboxylic acids is 1. The zero-order chi connectivity index (χ0) is 13.2. The van der Waals surface area contributed by atoms with Gasteiger partial charge in [-0.2, -0.15) is 0 Å². The van der Waals surface area contributed by atoms with E-state index in [0.29, 0.717) is 12.3 Å². The predicted octanol–water partition coefficient (Wildman–Crippen LogP) is 2.68. The van der Waals surface area contributed by atoms with Crippen molar-refractivity contribution in [2.75, 3.05) is 6.61 Å². The molecule has 0 unspecified atom stereocenters. The van der Waals surface area contributed by atoms with Gasteiger partial charge < -0.3 is 10.5 Å². The van der Waals surface area contributed by atoms with Crippen LogP contribution in [0.15, 0.2) is 5.38 Å². The molecule has 1 saturated carbocycles. The molecule has 2 N–H and O–H groups in total. The van der Waals surface area contributed by atoms with E-state index in [1.54, 1.807) is 12.3 Å². The van der Waals surface area contributed by atoms with E-state index >= 15 is 0 Å². The topological polar surface area (TPSA) is 65.2 Å². The Morgan fingerprint density at radius 1 is 1.61 bits per heavy atom. The number of rotatable bonds is 3. The van der Waals surface area contributed by atoms with E-state index in [9.17, 15) is 4.79 Å². The molecular weight excluding hydrogens is 248 g/mol. The molecule has 1 aromatic heterocycles. The Balaban J connectivity index is 2.12. The van der Waals surface area contributed by atoms with E-state index in [0.717, 1.165) is 36.6 Å². The van der Waals surface area contributed by atoms with Gasteiger partial charge in [-0.15, -0.1) is 11.3 Å². The molecule has 1 aliphatic carbocycles. The summed E-state index contributed by atoms with van der Waals surface area (Å²) >= 11 is 1.47. The van der Waals surface area contributed by atoms with Crippen molar-refractivity contribution in [2.24, 2.45) is 11.7 Å². The van der Waals surface area contributed by atoms with Crippen molar-refractivity contribution in [2.45, 2.75) is 45.1 Å². The Bertz CT molecular complexity index is 422. The normalized spacial score (nSPS) is 28.1.